The number of carbonyl (C=O) groups is 1. The topological polar surface area (TPSA) is 81.5 Å². The number of benzene rings is 1. The van der Waals surface area contributed by atoms with Crippen molar-refractivity contribution in [1.82, 2.24) is 0 Å². The van der Waals surface area contributed by atoms with Crippen LogP contribution >= 0.6 is 15.9 Å². The second kappa shape index (κ2) is 8.29. The lowest BCUT2D eigenvalue weighted by atomic mass is 9.76. The number of amidine groups is 1. The monoisotopic (exact) mass is 379 g/mol. The van der Waals surface area contributed by atoms with Gasteiger partial charge in [0.25, 0.3) is 0 Å². The summed E-state index contributed by atoms with van der Waals surface area (Å²) in [6.07, 6.45) is 3.38. The summed E-state index contributed by atoms with van der Waals surface area (Å²) in [5.41, 5.74) is 14.0. The molecule has 0 radical (unpaired) electrons. The highest BCUT2D eigenvalue weighted by atomic mass is 79.9. The van der Waals surface area contributed by atoms with Gasteiger partial charge in [-0.1, -0.05) is 32.0 Å². The molecule has 0 amide bonds. The van der Waals surface area contributed by atoms with E-state index in [2.05, 4.69) is 40.8 Å². The van der Waals surface area contributed by atoms with E-state index >= 15 is 0 Å². The zero-order chi connectivity index (χ0) is 17.6. The van der Waals surface area contributed by atoms with Crippen molar-refractivity contribution in [1.29, 1.82) is 0 Å². The number of carbonyl (C=O) groups excluding carboxylic acids is 1. The lowest BCUT2D eigenvalue weighted by Gasteiger charge is -2.27. The maximum atomic E-state index is 11.6. The minimum Gasteiger partial charge on any atom is -0.404 e. The molecule has 0 heterocycles. The molecule has 0 bridgehead atoms. The Hall–Kier alpha value is -1.62. The van der Waals surface area contributed by atoms with Crippen molar-refractivity contribution >= 4 is 28.1 Å². The van der Waals surface area contributed by atoms with Gasteiger partial charge in [-0.05, 0) is 58.8 Å². The highest BCUT2D eigenvalue weighted by molar-refractivity contribution is 9.12. The first-order valence-corrected chi connectivity index (χ1v) is 8.54. The van der Waals surface area contributed by atoms with Crippen LogP contribution in [0.2, 0.25) is 0 Å². The Bertz CT molecular complexity index is 621. The Morgan fingerprint density at radius 2 is 2.09 bits per heavy atom. The molecule has 5 heteroatoms. The molecule has 4 nitrogen and oxygen atoms in total. The van der Waals surface area contributed by atoms with Crippen molar-refractivity contribution in [2.24, 2.45) is 16.5 Å². The van der Waals surface area contributed by atoms with Gasteiger partial charge >= 0.3 is 0 Å². The SMILES string of the molecule is CCC(C)c1cccc(CN=C(N)C(Br)=CN)c1C(C)(C)C=O. The van der Waals surface area contributed by atoms with Crippen LogP contribution in [0.15, 0.2) is 33.9 Å². The summed E-state index contributed by atoms with van der Waals surface area (Å²) in [6, 6.07) is 6.12. The fourth-order valence-electron chi connectivity index (χ4n) is 2.56. The minimum absolute atomic E-state index is 0.344. The number of aldehydes is 1. The first kappa shape index (κ1) is 19.4. The van der Waals surface area contributed by atoms with E-state index in [9.17, 15) is 4.79 Å². The second-order valence-electron chi connectivity index (χ2n) is 6.25. The van der Waals surface area contributed by atoms with Crippen LogP contribution in [0.5, 0.6) is 0 Å². The third-order valence-electron chi connectivity index (χ3n) is 4.08. The number of rotatable bonds is 7. The number of hydrogen-bond acceptors (Lipinski definition) is 3. The number of aliphatic imine (C=N–C) groups is 1. The third-order valence-corrected chi connectivity index (χ3v) is 4.75. The average molecular weight is 380 g/mol. The van der Waals surface area contributed by atoms with E-state index in [0.29, 0.717) is 22.8 Å². The van der Waals surface area contributed by atoms with Crippen LogP contribution in [0.3, 0.4) is 0 Å². The summed E-state index contributed by atoms with van der Waals surface area (Å²) < 4.78 is 0.562. The molecule has 0 saturated carbocycles. The van der Waals surface area contributed by atoms with E-state index in [4.69, 9.17) is 11.5 Å². The molecule has 0 saturated heterocycles. The summed E-state index contributed by atoms with van der Waals surface area (Å²) in [4.78, 5) is 16.0. The molecule has 23 heavy (non-hydrogen) atoms. The number of hydrogen-bond donors (Lipinski definition) is 2. The van der Waals surface area contributed by atoms with Gasteiger partial charge in [0.1, 0.15) is 12.1 Å². The lowest BCUT2D eigenvalue weighted by molar-refractivity contribution is -0.111. The summed E-state index contributed by atoms with van der Waals surface area (Å²) in [5, 5.41) is 0. The standard InChI is InChI=1S/C18H26BrN3O/c1-5-12(2)14-8-6-7-13(16(14)18(3,4)11-23)10-22-17(21)15(19)9-20/h6-9,11-12H,5,10,20H2,1-4H3,(H2,21,22). The molecular formula is C18H26BrN3O. The predicted octanol–water partition coefficient (Wildman–Crippen LogP) is 3.73. The minimum atomic E-state index is -0.569. The molecule has 1 aromatic rings. The van der Waals surface area contributed by atoms with Crippen LogP contribution in [0.1, 0.15) is 56.7 Å². The molecular weight excluding hydrogens is 354 g/mol. The van der Waals surface area contributed by atoms with Crippen LogP contribution in [-0.2, 0) is 16.8 Å². The Morgan fingerprint density at radius 3 is 2.61 bits per heavy atom. The Kier molecular flexibility index (Phi) is 7.01. The van der Waals surface area contributed by atoms with Gasteiger partial charge in [-0.3, -0.25) is 4.99 Å². The summed E-state index contributed by atoms with van der Waals surface area (Å²) in [6.45, 7) is 8.61. The Labute approximate surface area is 147 Å². The molecule has 1 atom stereocenters. The fraction of sp³-hybridized carbons (Fsp3) is 0.444. The van der Waals surface area contributed by atoms with Gasteiger partial charge in [-0.2, -0.15) is 0 Å². The summed E-state index contributed by atoms with van der Waals surface area (Å²) in [5.74, 6) is 0.720. The van der Waals surface area contributed by atoms with Crippen molar-refractivity contribution in [3.8, 4) is 0 Å². The zero-order valence-electron chi connectivity index (χ0n) is 14.3. The number of halogens is 1. The molecule has 0 spiro atoms. The fourth-order valence-corrected chi connectivity index (χ4v) is 2.68. The normalized spacial score (nSPS) is 14.7. The first-order valence-electron chi connectivity index (χ1n) is 7.74. The van der Waals surface area contributed by atoms with Crippen molar-refractivity contribution in [3.05, 3.63) is 45.6 Å². The van der Waals surface area contributed by atoms with Gasteiger partial charge in [-0.15, -0.1) is 0 Å². The van der Waals surface area contributed by atoms with E-state index < -0.39 is 5.41 Å². The van der Waals surface area contributed by atoms with Crippen molar-refractivity contribution in [2.45, 2.75) is 52.0 Å². The van der Waals surface area contributed by atoms with Crippen molar-refractivity contribution in [3.63, 3.8) is 0 Å². The first-order chi connectivity index (χ1) is 10.8. The molecule has 1 aromatic carbocycles. The molecule has 1 unspecified atom stereocenters. The van der Waals surface area contributed by atoms with Crippen LogP contribution in [-0.4, -0.2) is 12.1 Å². The third kappa shape index (κ3) is 4.67. The Balaban J connectivity index is 3.40. The van der Waals surface area contributed by atoms with Crippen molar-refractivity contribution in [2.75, 3.05) is 0 Å². The van der Waals surface area contributed by atoms with Crippen LogP contribution in [0.25, 0.3) is 0 Å². The van der Waals surface area contributed by atoms with Crippen LogP contribution in [0.4, 0.5) is 0 Å². The highest BCUT2D eigenvalue weighted by Crippen LogP contribution is 2.34. The second-order valence-corrected chi connectivity index (χ2v) is 7.10. The average Bonchev–Trinajstić information content (AvgIpc) is 2.57. The molecule has 0 aromatic heterocycles. The van der Waals surface area contributed by atoms with Crippen LogP contribution < -0.4 is 11.5 Å². The maximum Gasteiger partial charge on any atom is 0.134 e. The number of nitrogens with zero attached hydrogens (tertiary/aromatic N) is 1. The summed E-state index contributed by atoms with van der Waals surface area (Å²) in [7, 11) is 0. The molecule has 0 aliphatic carbocycles. The largest absolute Gasteiger partial charge is 0.404 e. The highest BCUT2D eigenvalue weighted by Gasteiger charge is 2.27. The molecule has 126 valence electrons. The van der Waals surface area contributed by atoms with Gasteiger partial charge in [-0.25, -0.2) is 0 Å². The smallest absolute Gasteiger partial charge is 0.134 e. The van der Waals surface area contributed by atoms with Gasteiger partial charge in [0.15, 0.2) is 0 Å². The molecule has 4 N–H and O–H groups in total. The molecule has 1 rings (SSSR count). The van der Waals surface area contributed by atoms with E-state index in [1.54, 1.807) is 0 Å². The van der Waals surface area contributed by atoms with Gasteiger partial charge in [0, 0.05) is 11.6 Å². The molecule has 0 aliphatic heterocycles. The maximum absolute atomic E-state index is 11.6. The van der Waals surface area contributed by atoms with E-state index in [1.807, 2.05) is 26.0 Å². The molecule has 0 aliphatic rings. The van der Waals surface area contributed by atoms with E-state index in [-0.39, 0.29) is 0 Å². The zero-order valence-corrected chi connectivity index (χ0v) is 15.9. The lowest BCUT2D eigenvalue weighted by Crippen LogP contribution is -2.24. The predicted molar refractivity (Wildman–Crippen MR) is 101 cm³/mol. The van der Waals surface area contributed by atoms with Crippen LogP contribution in [0, 0.1) is 0 Å². The van der Waals surface area contributed by atoms with Crippen molar-refractivity contribution < 1.29 is 4.79 Å². The van der Waals surface area contributed by atoms with E-state index in [0.717, 1.165) is 23.8 Å². The van der Waals surface area contributed by atoms with Gasteiger partial charge < -0.3 is 16.3 Å². The summed E-state index contributed by atoms with van der Waals surface area (Å²) >= 11 is 3.26. The Morgan fingerprint density at radius 1 is 1.43 bits per heavy atom. The van der Waals surface area contributed by atoms with E-state index in [1.165, 1.54) is 11.8 Å². The van der Waals surface area contributed by atoms with Gasteiger partial charge in [0.05, 0.1) is 11.0 Å². The number of nitrogens with two attached hydrogens (primary N) is 2. The van der Waals surface area contributed by atoms with Gasteiger partial charge in [0.2, 0.25) is 0 Å². The quantitative estimate of drug-likeness (QED) is 0.430. The molecule has 0 fully saturated rings.